The largest absolute Gasteiger partial charge is 0.399 e. The van der Waals surface area contributed by atoms with Gasteiger partial charge in [-0.2, -0.15) is 0 Å². The van der Waals surface area contributed by atoms with Crippen molar-refractivity contribution in [1.82, 2.24) is 9.84 Å². The van der Waals surface area contributed by atoms with Crippen molar-refractivity contribution < 1.29 is 8.42 Å². The number of rotatable bonds is 3. The summed E-state index contributed by atoms with van der Waals surface area (Å²) in [5.41, 5.74) is 5.93. The minimum atomic E-state index is -3.85. The van der Waals surface area contributed by atoms with Gasteiger partial charge in [0, 0.05) is 17.8 Å². The van der Waals surface area contributed by atoms with Gasteiger partial charge in [-0.05, 0) is 38.8 Å². The third kappa shape index (κ3) is 3.63. The predicted octanol–water partition coefficient (Wildman–Crippen LogP) is 3.03. The van der Waals surface area contributed by atoms with Crippen LogP contribution in [0.25, 0.3) is 0 Å². The van der Waals surface area contributed by atoms with E-state index in [0.29, 0.717) is 5.69 Å². The second kappa shape index (κ2) is 6.30. The lowest BCUT2D eigenvalue weighted by Crippen LogP contribution is -2.54. The summed E-state index contributed by atoms with van der Waals surface area (Å²) < 4.78 is 25.2. The molecule has 2 unspecified atom stereocenters. The van der Waals surface area contributed by atoms with E-state index in [-0.39, 0.29) is 27.0 Å². The van der Waals surface area contributed by atoms with Crippen molar-refractivity contribution in [3.05, 3.63) is 22.2 Å². The van der Waals surface area contributed by atoms with Gasteiger partial charge < -0.3 is 5.73 Å². The molecular weight excluding hydrogens is 333 g/mol. The average Bonchev–Trinajstić information content (AvgIpc) is 2.32. The van der Waals surface area contributed by atoms with Crippen molar-refractivity contribution in [2.24, 2.45) is 0 Å². The van der Waals surface area contributed by atoms with E-state index >= 15 is 0 Å². The summed E-state index contributed by atoms with van der Waals surface area (Å²) in [7, 11) is -3.85. The molecule has 8 heteroatoms. The number of nitrogen functional groups attached to an aromatic ring is 1. The van der Waals surface area contributed by atoms with Crippen LogP contribution in [0.2, 0.25) is 10.0 Å². The number of nitrogens with two attached hydrogens (primary N) is 1. The van der Waals surface area contributed by atoms with Gasteiger partial charge in [0.1, 0.15) is 4.90 Å². The highest BCUT2D eigenvalue weighted by molar-refractivity contribution is 7.89. The first kappa shape index (κ1) is 16.8. The fourth-order valence-corrected chi connectivity index (χ4v) is 5.10. The second-order valence-electron chi connectivity index (χ2n) is 5.44. The van der Waals surface area contributed by atoms with Crippen LogP contribution in [0.15, 0.2) is 17.0 Å². The van der Waals surface area contributed by atoms with Crippen molar-refractivity contribution in [1.29, 1.82) is 0 Å². The molecule has 1 aliphatic heterocycles. The first-order valence-corrected chi connectivity index (χ1v) is 9.01. The molecule has 2 rings (SSSR count). The summed E-state index contributed by atoms with van der Waals surface area (Å²) in [6.45, 7) is 3.98. The van der Waals surface area contributed by atoms with Gasteiger partial charge in [-0.25, -0.2) is 13.4 Å². The van der Waals surface area contributed by atoms with Crippen LogP contribution in [0, 0.1) is 0 Å². The molecule has 1 aliphatic rings. The van der Waals surface area contributed by atoms with Crippen LogP contribution >= 0.6 is 23.2 Å². The molecule has 5 nitrogen and oxygen atoms in total. The number of benzene rings is 1. The zero-order valence-electron chi connectivity index (χ0n) is 11.9. The fourth-order valence-electron chi connectivity index (χ4n) is 2.62. The smallest absolute Gasteiger partial charge is 0.256 e. The van der Waals surface area contributed by atoms with E-state index in [2.05, 4.69) is 4.83 Å². The Labute approximate surface area is 135 Å². The zero-order chi connectivity index (χ0) is 15.8. The normalized spacial score (nSPS) is 24.2. The fraction of sp³-hybridized carbons (Fsp3) is 0.538. The lowest BCUT2D eigenvalue weighted by molar-refractivity contribution is 0.0790. The Kier molecular flexibility index (Phi) is 5.05. The van der Waals surface area contributed by atoms with E-state index in [1.54, 1.807) is 5.01 Å². The molecule has 0 saturated carbocycles. The summed E-state index contributed by atoms with van der Waals surface area (Å²) in [5.74, 6) is 0. The van der Waals surface area contributed by atoms with Crippen LogP contribution in [0.1, 0.15) is 33.1 Å². The molecule has 2 atom stereocenters. The van der Waals surface area contributed by atoms with Crippen molar-refractivity contribution in [2.45, 2.75) is 50.1 Å². The lowest BCUT2D eigenvalue weighted by atomic mass is 10.0. The highest BCUT2D eigenvalue weighted by Crippen LogP contribution is 2.32. The van der Waals surface area contributed by atoms with Gasteiger partial charge in [0.05, 0.1) is 10.0 Å². The number of halogens is 2. The molecule has 1 saturated heterocycles. The number of nitrogens with zero attached hydrogens (tertiary/aromatic N) is 1. The van der Waals surface area contributed by atoms with E-state index in [4.69, 9.17) is 28.9 Å². The molecule has 21 heavy (non-hydrogen) atoms. The van der Waals surface area contributed by atoms with E-state index in [9.17, 15) is 8.42 Å². The molecule has 1 aromatic rings. The van der Waals surface area contributed by atoms with Gasteiger partial charge in [-0.15, -0.1) is 4.83 Å². The Morgan fingerprint density at radius 3 is 2.14 bits per heavy atom. The van der Waals surface area contributed by atoms with Gasteiger partial charge in [-0.1, -0.05) is 29.6 Å². The maximum absolute atomic E-state index is 12.6. The quantitative estimate of drug-likeness (QED) is 0.820. The SMILES string of the molecule is CC1CCCC(C)N1NS(=O)(=O)c1c(Cl)cc(N)cc1Cl. The standard InChI is InChI=1S/C13H19Cl2N3O2S/c1-8-4-3-5-9(2)18(8)17-21(19,20)13-11(14)6-10(16)7-12(13)15/h6-9,17H,3-5,16H2,1-2H3. The predicted molar refractivity (Wildman–Crippen MR) is 85.8 cm³/mol. The number of anilines is 1. The summed E-state index contributed by atoms with van der Waals surface area (Å²) in [6.07, 6.45) is 2.97. The molecule has 1 fully saturated rings. The van der Waals surface area contributed by atoms with Crippen molar-refractivity contribution in [3.63, 3.8) is 0 Å². The van der Waals surface area contributed by atoms with Gasteiger partial charge in [0.25, 0.3) is 10.0 Å². The summed E-state index contributed by atoms with van der Waals surface area (Å²) >= 11 is 12.0. The topological polar surface area (TPSA) is 75.4 Å². The minimum absolute atomic E-state index is 0.0183. The Balaban J connectivity index is 2.35. The Morgan fingerprint density at radius 1 is 1.19 bits per heavy atom. The molecule has 0 radical (unpaired) electrons. The Bertz CT molecular complexity index is 603. The molecule has 1 heterocycles. The van der Waals surface area contributed by atoms with Gasteiger partial charge in [0.2, 0.25) is 0 Å². The van der Waals surface area contributed by atoms with Crippen molar-refractivity contribution >= 4 is 38.9 Å². The minimum Gasteiger partial charge on any atom is -0.399 e. The van der Waals surface area contributed by atoms with Crippen LogP contribution in [0.3, 0.4) is 0 Å². The van der Waals surface area contributed by atoms with Gasteiger partial charge in [-0.3, -0.25) is 0 Å². The number of hydrogen-bond donors (Lipinski definition) is 2. The Hall–Kier alpha value is -0.530. The van der Waals surface area contributed by atoms with Crippen molar-refractivity contribution in [3.8, 4) is 0 Å². The highest BCUT2D eigenvalue weighted by atomic mass is 35.5. The first-order chi connectivity index (χ1) is 9.72. The number of hydrazine groups is 1. The van der Waals surface area contributed by atoms with Crippen LogP contribution in [0.4, 0.5) is 5.69 Å². The van der Waals surface area contributed by atoms with E-state index in [0.717, 1.165) is 19.3 Å². The van der Waals surface area contributed by atoms with E-state index < -0.39 is 10.0 Å². The maximum Gasteiger partial charge on any atom is 0.256 e. The zero-order valence-corrected chi connectivity index (χ0v) is 14.3. The highest BCUT2D eigenvalue weighted by Gasteiger charge is 2.31. The van der Waals surface area contributed by atoms with Gasteiger partial charge >= 0.3 is 0 Å². The number of nitrogens with one attached hydrogen (secondary N) is 1. The van der Waals surface area contributed by atoms with Crippen LogP contribution < -0.4 is 10.6 Å². The number of hydrogen-bond acceptors (Lipinski definition) is 4. The third-order valence-corrected chi connectivity index (χ3v) is 5.96. The Morgan fingerprint density at radius 2 is 1.67 bits per heavy atom. The molecule has 3 N–H and O–H groups in total. The summed E-state index contributed by atoms with van der Waals surface area (Å²) in [6, 6.07) is 3.00. The average molecular weight is 352 g/mol. The van der Waals surface area contributed by atoms with E-state index in [1.165, 1.54) is 12.1 Å². The van der Waals surface area contributed by atoms with Crippen molar-refractivity contribution in [2.75, 3.05) is 5.73 Å². The molecule has 0 aliphatic carbocycles. The first-order valence-electron chi connectivity index (χ1n) is 6.77. The number of piperidine rings is 1. The molecule has 0 aromatic heterocycles. The monoisotopic (exact) mass is 351 g/mol. The van der Waals surface area contributed by atoms with Crippen LogP contribution in [0.5, 0.6) is 0 Å². The van der Waals surface area contributed by atoms with Crippen LogP contribution in [-0.4, -0.2) is 25.5 Å². The van der Waals surface area contributed by atoms with E-state index in [1.807, 2.05) is 13.8 Å². The molecular formula is C13H19Cl2N3O2S. The molecule has 0 amide bonds. The molecule has 0 spiro atoms. The third-order valence-electron chi connectivity index (χ3n) is 3.71. The lowest BCUT2D eigenvalue weighted by Gasteiger charge is -2.38. The van der Waals surface area contributed by atoms with Gasteiger partial charge in [0.15, 0.2) is 0 Å². The maximum atomic E-state index is 12.6. The number of sulfonamides is 1. The molecule has 118 valence electrons. The molecule has 1 aromatic carbocycles. The van der Waals surface area contributed by atoms with Crippen LogP contribution in [-0.2, 0) is 10.0 Å². The summed E-state index contributed by atoms with van der Waals surface area (Å²) in [4.78, 5) is 2.47. The second-order valence-corrected chi connectivity index (χ2v) is 7.86. The summed E-state index contributed by atoms with van der Waals surface area (Å²) in [5, 5.41) is 1.79. The molecule has 0 bridgehead atoms.